The van der Waals surface area contributed by atoms with Gasteiger partial charge in [-0.05, 0) is 23.9 Å². The first-order valence-electron chi connectivity index (χ1n) is 4.03. The molecule has 0 heterocycles. The van der Waals surface area contributed by atoms with E-state index in [9.17, 15) is 8.78 Å². The molecule has 0 aliphatic heterocycles. The molecule has 0 nitrogen and oxygen atoms in total. The van der Waals surface area contributed by atoms with Crippen molar-refractivity contribution >= 4 is 10.8 Å². The van der Waals surface area contributed by atoms with Crippen LogP contribution in [0.25, 0.3) is 10.8 Å². The quantitative estimate of drug-likeness (QED) is 0.579. The molecular formula is C11H8F2. The summed E-state index contributed by atoms with van der Waals surface area (Å²) >= 11 is 0. The molecule has 2 aromatic carbocycles. The van der Waals surface area contributed by atoms with Gasteiger partial charge in [0.25, 0.3) is 0 Å². The van der Waals surface area contributed by atoms with Crippen molar-refractivity contribution in [2.75, 3.05) is 0 Å². The van der Waals surface area contributed by atoms with Gasteiger partial charge in [0, 0.05) is 5.39 Å². The Morgan fingerprint density at radius 3 is 2.46 bits per heavy atom. The van der Waals surface area contributed by atoms with Crippen molar-refractivity contribution in [3.05, 3.63) is 47.5 Å². The van der Waals surface area contributed by atoms with E-state index in [0.29, 0.717) is 5.39 Å². The van der Waals surface area contributed by atoms with E-state index in [1.165, 1.54) is 0 Å². The number of rotatable bonds is 0. The van der Waals surface area contributed by atoms with Crippen LogP contribution >= 0.6 is 0 Å². The minimum atomic E-state index is -0.793. The highest BCUT2D eigenvalue weighted by molar-refractivity contribution is 5.86. The van der Waals surface area contributed by atoms with Crippen LogP contribution in [0.5, 0.6) is 0 Å². The number of fused-ring (bicyclic) bond motifs is 1. The van der Waals surface area contributed by atoms with E-state index in [4.69, 9.17) is 0 Å². The average Bonchev–Trinajstić information content (AvgIpc) is 2.12. The molecule has 0 aliphatic rings. The van der Waals surface area contributed by atoms with Crippen molar-refractivity contribution < 1.29 is 8.78 Å². The maximum atomic E-state index is 13.2. The molecule has 0 radical (unpaired) electrons. The molecule has 0 bridgehead atoms. The van der Waals surface area contributed by atoms with Gasteiger partial charge < -0.3 is 0 Å². The molecule has 0 saturated heterocycles. The molecule has 0 amide bonds. The van der Waals surface area contributed by atoms with Crippen LogP contribution in [-0.2, 0) is 0 Å². The van der Waals surface area contributed by atoms with Crippen LogP contribution in [0.1, 0.15) is 5.56 Å². The van der Waals surface area contributed by atoms with Gasteiger partial charge in [0.2, 0.25) is 0 Å². The Morgan fingerprint density at radius 2 is 1.69 bits per heavy atom. The lowest BCUT2D eigenvalue weighted by Crippen LogP contribution is -1.87. The molecule has 0 aromatic heterocycles. The third kappa shape index (κ3) is 1.18. The van der Waals surface area contributed by atoms with Crippen molar-refractivity contribution in [1.82, 2.24) is 0 Å². The van der Waals surface area contributed by atoms with Crippen LogP contribution in [-0.4, -0.2) is 0 Å². The summed E-state index contributed by atoms with van der Waals surface area (Å²) in [5, 5.41) is 1.11. The van der Waals surface area contributed by atoms with E-state index >= 15 is 0 Å². The van der Waals surface area contributed by atoms with E-state index in [2.05, 4.69) is 0 Å². The summed E-state index contributed by atoms with van der Waals surface area (Å²) in [7, 11) is 0. The maximum Gasteiger partial charge on any atom is 0.166 e. The average molecular weight is 178 g/mol. The van der Waals surface area contributed by atoms with Crippen LogP contribution < -0.4 is 0 Å². The smallest absolute Gasteiger partial charge is 0.166 e. The second kappa shape index (κ2) is 2.80. The molecular weight excluding hydrogens is 170 g/mol. The fourth-order valence-corrected chi connectivity index (χ4v) is 1.45. The van der Waals surface area contributed by atoms with Crippen molar-refractivity contribution in [3.63, 3.8) is 0 Å². The molecule has 2 rings (SSSR count). The summed E-state index contributed by atoms with van der Waals surface area (Å²) in [6.45, 7) is 1.87. The SMILES string of the molecule is Cc1cccc2c(F)c(F)ccc12. The molecule has 0 aliphatic carbocycles. The van der Waals surface area contributed by atoms with E-state index < -0.39 is 11.6 Å². The monoisotopic (exact) mass is 178 g/mol. The van der Waals surface area contributed by atoms with Crippen LogP contribution in [0.3, 0.4) is 0 Å². The first kappa shape index (κ1) is 8.17. The van der Waals surface area contributed by atoms with Crippen LogP contribution in [0.15, 0.2) is 30.3 Å². The number of hydrogen-bond donors (Lipinski definition) is 0. The predicted octanol–water partition coefficient (Wildman–Crippen LogP) is 3.43. The molecule has 66 valence electrons. The third-order valence-electron chi connectivity index (χ3n) is 2.17. The van der Waals surface area contributed by atoms with Crippen molar-refractivity contribution in [2.45, 2.75) is 6.92 Å². The zero-order valence-corrected chi connectivity index (χ0v) is 7.14. The van der Waals surface area contributed by atoms with Gasteiger partial charge in [0.05, 0.1) is 0 Å². The lowest BCUT2D eigenvalue weighted by molar-refractivity contribution is 0.517. The third-order valence-corrected chi connectivity index (χ3v) is 2.17. The van der Waals surface area contributed by atoms with E-state index in [1.807, 2.05) is 13.0 Å². The predicted molar refractivity (Wildman–Crippen MR) is 48.6 cm³/mol. The molecule has 0 saturated carbocycles. The number of hydrogen-bond acceptors (Lipinski definition) is 0. The van der Waals surface area contributed by atoms with Gasteiger partial charge in [-0.3, -0.25) is 0 Å². The second-order valence-corrected chi connectivity index (χ2v) is 3.03. The van der Waals surface area contributed by atoms with Gasteiger partial charge in [0.1, 0.15) is 0 Å². The molecule has 0 atom stereocenters. The van der Waals surface area contributed by atoms with Gasteiger partial charge in [-0.2, -0.15) is 0 Å². The summed E-state index contributed by atoms with van der Waals surface area (Å²) < 4.78 is 26.0. The number of halogens is 2. The maximum absolute atomic E-state index is 13.2. The van der Waals surface area contributed by atoms with Gasteiger partial charge in [-0.1, -0.05) is 24.3 Å². The van der Waals surface area contributed by atoms with Crippen molar-refractivity contribution in [2.24, 2.45) is 0 Å². The Morgan fingerprint density at radius 1 is 0.923 bits per heavy atom. The van der Waals surface area contributed by atoms with E-state index in [-0.39, 0.29) is 0 Å². The van der Waals surface area contributed by atoms with Gasteiger partial charge in [-0.15, -0.1) is 0 Å². The lowest BCUT2D eigenvalue weighted by Gasteiger charge is -2.02. The Bertz CT molecular complexity index is 461. The zero-order valence-electron chi connectivity index (χ0n) is 7.14. The highest BCUT2D eigenvalue weighted by Gasteiger charge is 2.06. The lowest BCUT2D eigenvalue weighted by atomic mass is 10.1. The highest BCUT2D eigenvalue weighted by Crippen LogP contribution is 2.22. The largest absolute Gasteiger partial charge is 0.204 e. The van der Waals surface area contributed by atoms with Crippen LogP contribution in [0.4, 0.5) is 8.78 Å². The van der Waals surface area contributed by atoms with Gasteiger partial charge in [0.15, 0.2) is 11.6 Å². The fraction of sp³-hybridized carbons (Fsp3) is 0.0909. The minimum absolute atomic E-state index is 0.347. The van der Waals surface area contributed by atoms with Crippen LogP contribution in [0.2, 0.25) is 0 Å². The van der Waals surface area contributed by atoms with Crippen molar-refractivity contribution in [1.29, 1.82) is 0 Å². The van der Waals surface area contributed by atoms with Gasteiger partial charge >= 0.3 is 0 Å². The molecule has 13 heavy (non-hydrogen) atoms. The zero-order chi connectivity index (χ0) is 9.42. The summed E-state index contributed by atoms with van der Waals surface area (Å²) in [5.41, 5.74) is 0.955. The topological polar surface area (TPSA) is 0 Å². The van der Waals surface area contributed by atoms with E-state index in [1.54, 1.807) is 18.2 Å². The van der Waals surface area contributed by atoms with E-state index in [0.717, 1.165) is 17.0 Å². The van der Waals surface area contributed by atoms with Crippen molar-refractivity contribution in [3.8, 4) is 0 Å². The number of benzene rings is 2. The highest BCUT2D eigenvalue weighted by atomic mass is 19.2. The van der Waals surface area contributed by atoms with Gasteiger partial charge in [-0.25, -0.2) is 8.78 Å². The molecule has 2 aromatic rings. The second-order valence-electron chi connectivity index (χ2n) is 3.03. The molecule has 0 fully saturated rings. The Hall–Kier alpha value is -1.44. The standard InChI is InChI=1S/C11H8F2/c1-7-3-2-4-9-8(7)5-6-10(12)11(9)13/h2-6H,1H3. The molecule has 0 N–H and O–H groups in total. The summed E-state index contributed by atoms with van der Waals surface area (Å²) in [6, 6.07) is 7.94. The summed E-state index contributed by atoms with van der Waals surface area (Å²) in [6.07, 6.45) is 0. The van der Waals surface area contributed by atoms with Crippen LogP contribution in [0, 0.1) is 18.6 Å². The molecule has 2 heteroatoms. The fourth-order valence-electron chi connectivity index (χ4n) is 1.45. The number of aryl methyl sites for hydroxylation is 1. The Kier molecular flexibility index (Phi) is 1.76. The molecule has 0 spiro atoms. The summed E-state index contributed by atoms with van der Waals surface area (Å²) in [5.74, 6) is -1.56. The normalized spacial score (nSPS) is 10.7. The Balaban J connectivity index is 2.94. The molecule has 0 unspecified atom stereocenters. The Labute approximate surface area is 74.8 Å². The minimum Gasteiger partial charge on any atom is -0.204 e. The first-order chi connectivity index (χ1) is 6.20. The summed E-state index contributed by atoms with van der Waals surface area (Å²) in [4.78, 5) is 0. The first-order valence-corrected chi connectivity index (χ1v) is 4.03.